The van der Waals surface area contributed by atoms with Crippen molar-refractivity contribution in [2.24, 2.45) is 0 Å². The SMILES string of the molecule is O=S(=O)(Cc1cc(F)ccc1F)NCC#CCOc1ccccc1F. The summed E-state index contributed by atoms with van der Waals surface area (Å²) in [5.41, 5.74) is -0.275. The lowest BCUT2D eigenvalue weighted by molar-refractivity contribution is 0.348. The molecule has 2 aromatic rings. The first-order chi connectivity index (χ1) is 11.9. The lowest BCUT2D eigenvalue weighted by Crippen LogP contribution is -2.26. The van der Waals surface area contributed by atoms with Gasteiger partial charge in [0.2, 0.25) is 10.0 Å². The fraction of sp³-hybridized carbons (Fsp3) is 0.176. The Bertz CT molecular complexity index is 905. The molecular formula is C17H14F3NO3S. The second-order valence-corrected chi connectivity index (χ2v) is 6.70. The summed E-state index contributed by atoms with van der Waals surface area (Å²) in [6.07, 6.45) is 0. The molecule has 0 amide bonds. The van der Waals surface area contributed by atoms with E-state index in [1.165, 1.54) is 18.2 Å². The second kappa shape index (κ2) is 8.55. The third-order valence-electron chi connectivity index (χ3n) is 3.00. The lowest BCUT2D eigenvalue weighted by Gasteiger charge is -2.05. The third-order valence-corrected chi connectivity index (χ3v) is 4.27. The van der Waals surface area contributed by atoms with Crippen LogP contribution in [0.1, 0.15) is 5.56 Å². The number of hydrogen-bond acceptors (Lipinski definition) is 3. The van der Waals surface area contributed by atoms with Gasteiger partial charge in [0.15, 0.2) is 11.6 Å². The van der Waals surface area contributed by atoms with Crippen LogP contribution in [0.25, 0.3) is 0 Å². The maximum Gasteiger partial charge on any atom is 0.216 e. The van der Waals surface area contributed by atoms with Gasteiger partial charge in [-0.2, -0.15) is 0 Å². The van der Waals surface area contributed by atoms with Crippen molar-refractivity contribution in [3.63, 3.8) is 0 Å². The Kier molecular flexibility index (Phi) is 6.44. The van der Waals surface area contributed by atoms with Crippen LogP contribution in [0.3, 0.4) is 0 Å². The summed E-state index contributed by atoms with van der Waals surface area (Å²) >= 11 is 0. The first-order valence-electron chi connectivity index (χ1n) is 7.12. The highest BCUT2D eigenvalue weighted by Gasteiger charge is 2.14. The molecule has 0 aliphatic rings. The normalized spacial score (nSPS) is 10.8. The highest BCUT2D eigenvalue weighted by molar-refractivity contribution is 7.88. The minimum Gasteiger partial charge on any atom is -0.478 e. The van der Waals surface area contributed by atoms with Crippen LogP contribution in [0.2, 0.25) is 0 Å². The van der Waals surface area contributed by atoms with E-state index in [4.69, 9.17) is 4.74 Å². The molecule has 0 spiro atoms. The Balaban J connectivity index is 1.83. The van der Waals surface area contributed by atoms with Crippen LogP contribution in [0.4, 0.5) is 13.2 Å². The molecule has 0 aliphatic heterocycles. The smallest absolute Gasteiger partial charge is 0.216 e. The molecule has 0 radical (unpaired) electrons. The van der Waals surface area contributed by atoms with Crippen LogP contribution in [-0.4, -0.2) is 21.6 Å². The predicted octanol–water partition coefficient (Wildman–Crippen LogP) is 2.61. The molecule has 0 aromatic heterocycles. The van der Waals surface area contributed by atoms with E-state index in [0.717, 1.165) is 18.2 Å². The van der Waals surface area contributed by atoms with Crippen LogP contribution < -0.4 is 9.46 Å². The van der Waals surface area contributed by atoms with Gasteiger partial charge in [0, 0.05) is 5.56 Å². The summed E-state index contributed by atoms with van der Waals surface area (Å²) in [5, 5.41) is 0. The second-order valence-electron chi connectivity index (χ2n) is 4.89. The van der Waals surface area contributed by atoms with Crippen LogP contribution in [0.15, 0.2) is 42.5 Å². The minimum absolute atomic E-state index is 0.0407. The summed E-state index contributed by atoms with van der Waals surface area (Å²) in [6, 6.07) is 8.38. The molecule has 0 saturated carbocycles. The number of hydrogen-bond donors (Lipinski definition) is 1. The molecule has 0 aliphatic carbocycles. The van der Waals surface area contributed by atoms with Crippen molar-refractivity contribution in [2.45, 2.75) is 5.75 Å². The quantitative estimate of drug-likeness (QED) is 0.797. The zero-order valence-corrected chi connectivity index (χ0v) is 13.7. The first kappa shape index (κ1) is 18.8. The molecule has 0 saturated heterocycles. The molecule has 0 bridgehead atoms. The monoisotopic (exact) mass is 369 g/mol. The van der Waals surface area contributed by atoms with Gasteiger partial charge in [-0.15, -0.1) is 0 Å². The van der Waals surface area contributed by atoms with Gasteiger partial charge in [-0.1, -0.05) is 24.0 Å². The summed E-state index contributed by atoms with van der Waals surface area (Å²) in [6.45, 7) is -0.360. The van der Waals surface area contributed by atoms with Crippen molar-refractivity contribution in [1.29, 1.82) is 0 Å². The topological polar surface area (TPSA) is 55.4 Å². The molecule has 2 rings (SSSR count). The van der Waals surface area contributed by atoms with E-state index >= 15 is 0 Å². The molecule has 1 N–H and O–H groups in total. The minimum atomic E-state index is -3.88. The lowest BCUT2D eigenvalue weighted by atomic mass is 10.2. The van der Waals surface area contributed by atoms with Crippen molar-refractivity contribution in [3.05, 3.63) is 65.5 Å². The summed E-state index contributed by atoms with van der Waals surface area (Å²) in [4.78, 5) is 0. The van der Waals surface area contributed by atoms with Gasteiger partial charge in [-0.05, 0) is 30.3 Å². The number of rotatable bonds is 6. The van der Waals surface area contributed by atoms with E-state index in [1.807, 2.05) is 0 Å². The third kappa shape index (κ3) is 6.14. The van der Waals surface area contributed by atoms with Crippen molar-refractivity contribution in [1.82, 2.24) is 4.72 Å². The molecule has 8 heteroatoms. The molecule has 0 atom stereocenters. The Morgan fingerprint density at radius 3 is 2.52 bits per heavy atom. The molecule has 132 valence electrons. The summed E-state index contributed by atoms with van der Waals surface area (Å²) in [7, 11) is -3.88. The van der Waals surface area contributed by atoms with Crippen molar-refractivity contribution in [2.75, 3.05) is 13.2 Å². The number of para-hydroxylation sites is 1. The van der Waals surface area contributed by atoms with Crippen molar-refractivity contribution < 1.29 is 26.3 Å². The Morgan fingerprint density at radius 2 is 1.76 bits per heavy atom. The van der Waals surface area contributed by atoms with E-state index < -0.39 is 33.2 Å². The van der Waals surface area contributed by atoms with Crippen LogP contribution in [0.5, 0.6) is 5.75 Å². The van der Waals surface area contributed by atoms with Gasteiger partial charge in [-0.25, -0.2) is 26.3 Å². The summed E-state index contributed by atoms with van der Waals surface area (Å²) < 4.78 is 70.6. The maximum atomic E-state index is 13.4. The highest BCUT2D eigenvalue weighted by atomic mass is 32.2. The first-order valence-corrected chi connectivity index (χ1v) is 8.77. The average molecular weight is 369 g/mol. The Morgan fingerprint density at radius 1 is 1.00 bits per heavy atom. The molecule has 0 heterocycles. The number of nitrogens with one attached hydrogen (secondary N) is 1. The van der Waals surface area contributed by atoms with Gasteiger partial charge < -0.3 is 4.74 Å². The zero-order valence-electron chi connectivity index (χ0n) is 12.9. The molecular weight excluding hydrogens is 355 g/mol. The van der Waals surface area contributed by atoms with E-state index in [-0.39, 0.29) is 24.5 Å². The average Bonchev–Trinajstić information content (AvgIpc) is 2.55. The fourth-order valence-electron chi connectivity index (χ4n) is 1.84. The number of ether oxygens (including phenoxy) is 1. The maximum absolute atomic E-state index is 13.4. The van der Waals surface area contributed by atoms with E-state index in [2.05, 4.69) is 16.6 Å². The largest absolute Gasteiger partial charge is 0.478 e. The molecule has 0 fully saturated rings. The fourth-order valence-corrected chi connectivity index (χ4v) is 2.87. The van der Waals surface area contributed by atoms with Crippen molar-refractivity contribution in [3.8, 4) is 17.6 Å². The van der Waals surface area contributed by atoms with Crippen molar-refractivity contribution >= 4 is 10.0 Å². The standard InChI is InChI=1S/C17H14F3NO3S/c18-14-7-8-15(19)13(11-14)12-25(22,23)21-9-3-4-10-24-17-6-2-1-5-16(17)20/h1-2,5-8,11,21H,9-10,12H2. The molecule has 0 unspecified atom stereocenters. The highest BCUT2D eigenvalue weighted by Crippen LogP contribution is 2.15. The van der Waals surface area contributed by atoms with E-state index in [0.29, 0.717) is 0 Å². The van der Waals surface area contributed by atoms with Gasteiger partial charge in [0.25, 0.3) is 0 Å². The van der Waals surface area contributed by atoms with E-state index in [9.17, 15) is 21.6 Å². The number of benzene rings is 2. The number of sulfonamides is 1. The zero-order chi connectivity index (χ0) is 18.3. The summed E-state index contributed by atoms with van der Waals surface area (Å²) in [5.74, 6) is 2.28. The molecule has 4 nitrogen and oxygen atoms in total. The van der Waals surface area contributed by atoms with Gasteiger partial charge in [0.1, 0.15) is 18.2 Å². The number of halogens is 3. The van der Waals surface area contributed by atoms with E-state index in [1.54, 1.807) is 6.07 Å². The van der Waals surface area contributed by atoms with Crippen LogP contribution >= 0.6 is 0 Å². The van der Waals surface area contributed by atoms with Gasteiger partial charge in [-0.3, -0.25) is 0 Å². The predicted molar refractivity (Wildman–Crippen MR) is 86.7 cm³/mol. The Labute approximate surface area is 143 Å². The van der Waals surface area contributed by atoms with Gasteiger partial charge >= 0.3 is 0 Å². The molecule has 25 heavy (non-hydrogen) atoms. The van der Waals surface area contributed by atoms with Crippen LogP contribution in [-0.2, 0) is 15.8 Å². The van der Waals surface area contributed by atoms with Gasteiger partial charge in [0.05, 0.1) is 12.3 Å². The molecule has 2 aromatic carbocycles. The van der Waals surface area contributed by atoms with Crippen LogP contribution in [0, 0.1) is 29.3 Å². The Hall–Kier alpha value is -2.50.